The Labute approximate surface area is 218 Å². The molecule has 0 aliphatic carbocycles. The second-order valence-corrected chi connectivity index (χ2v) is 10.7. The molecule has 0 N–H and O–H groups in total. The summed E-state index contributed by atoms with van der Waals surface area (Å²) < 4.78 is 6.41. The molecule has 0 spiro atoms. The molecular formula is C29H35ClN2O2S. The number of carbonyl (C=O) groups is 1. The maximum Gasteiger partial charge on any atom is 0.222 e. The van der Waals surface area contributed by atoms with Gasteiger partial charge in [0, 0.05) is 42.2 Å². The SMILES string of the molecule is CN(C)C1(c2ccccc2)CCN(C(=O)CCc2ccccc2OC(CCCl)c2cccs2)CC1. The van der Waals surface area contributed by atoms with E-state index in [0.29, 0.717) is 18.7 Å². The summed E-state index contributed by atoms with van der Waals surface area (Å²) in [5, 5.41) is 2.06. The highest BCUT2D eigenvalue weighted by atomic mass is 35.5. The molecule has 35 heavy (non-hydrogen) atoms. The van der Waals surface area contributed by atoms with Crippen molar-refractivity contribution in [1.29, 1.82) is 0 Å². The predicted octanol–water partition coefficient (Wildman–Crippen LogP) is 6.51. The first-order valence-electron chi connectivity index (χ1n) is 12.4. The number of aryl methyl sites for hydroxylation is 1. The lowest BCUT2D eigenvalue weighted by Gasteiger charge is -2.46. The molecule has 1 unspecified atom stereocenters. The Bertz CT molecular complexity index is 1060. The van der Waals surface area contributed by atoms with Crippen LogP contribution in [0.2, 0.25) is 0 Å². The minimum atomic E-state index is -0.0661. The Morgan fingerprint density at radius 1 is 1.06 bits per heavy atom. The summed E-state index contributed by atoms with van der Waals surface area (Å²) in [5.41, 5.74) is 2.39. The fourth-order valence-electron chi connectivity index (χ4n) is 5.08. The largest absolute Gasteiger partial charge is 0.485 e. The number of rotatable bonds is 10. The van der Waals surface area contributed by atoms with E-state index in [-0.39, 0.29) is 17.6 Å². The number of piperidine rings is 1. The van der Waals surface area contributed by atoms with Crippen LogP contribution in [0, 0.1) is 0 Å². The third-order valence-electron chi connectivity index (χ3n) is 7.19. The molecule has 0 radical (unpaired) electrons. The lowest BCUT2D eigenvalue weighted by atomic mass is 9.79. The van der Waals surface area contributed by atoms with Gasteiger partial charge in [-0.25, -0.2) is 0 Å². The molecule has 6 heteroatoms. The number of carbonyl (C=O) groups excluding carboxylic acids is 1. The Morgan fingerprint density at radius 2 is 1.77 bits per heavy atom. The lowest BCUT2D eigenvalue weighted by Crippen LogP contribution is -2.51. The minimum absolute atomic E-state index is 0.0162. The molecule has 1 fully saturated rings. The first-order chi connectivity index (χ1) is 17.0. The van der Waals surface area contributed by atoms with Gasteiger partial charge in [0.2, 0.25) is 5.91 Å². The van der Waals surface area contributed by atoms with E-state index in [9.17, 15) is 4.79 Å². The van der Waals surface area contributed by atoms with Crippen LogP contribution in [0.25, 0.3) is 0 Å². The van der Waals surface area contributed by atoms with Crippen molar-refractivity contribution in [3.8, 4) is 5.75 Å². The molecule has 1 atom stereocenters. The zero-order chi connectivity index (χ0) is 24.7. The summed E-state index contributed by atoms with van der Waals surface area (Å²) in [6.07, 6.45) is 3.72. The van der Waals surface area contributed by atoms with Gasteiger partial charge >= 0.3 is 0 Å². The monoisotopic (exact) mass is 510 g/mol. The second-order valence-electron chi connectivity index (χ2n) is 9.38. The summed E-state index contributed by atoms with van der Waals surface area (Å²) >= 11 is 7.74. The van der Waals surface area contributed by atoms with Gasteiger partial charge in [-0.2, -0.15) is 0 Å². The van der Waals surface area contributed by atoms with Gasteiger partial charge in [-0.3, -0.25) is 9.69 Å². The van der Waals surface area contributed by atoms with Gasteiger partial charge in [-0.05, 0) is 62.0 Å². The smallest absolute Gasteiger partial charge is 0.222 e. The Kier molecular flexibility index (Phi) is 8.88. The third kappa shape index (κ3) is 6.08. The normalized spacial score (nSPS) is 16.3. The topological polar surface area (TPSA) is 32.8 Å². The van der Waals surface area contributed by atoms with Crippen molar-refractivity contribution in [2.45, 2.75) is 43.7 Å². The fraction of sp³-hybridized carbons (Fsp3) is 0.414. The number of amides is 1. The molecule has 2 aromatic carbocycles. The van der Waals surface area contributed by atoms with Crippen molar-refractivity contribution in [1.82, 2.24) is 9.80 Å². The summed E-state index contributed by atoms with van der Waals surface area (Å²) in [6, 6.07) is 22.9. The zero-order valence-electron chi connectivity index (χ0n) is 20.7. The molecule has 4 rings (SSSR count). The van der Waals surface area contributed by atoms with E-state index >= 15 is 0 Å². The molecule has 186 valence electrons. The first kappa shape index (κ1) is 25.7. The standard InChI is InChI=1S/C29H35ClN2O2S/c1-31(2)29(24-10-4-3-5-11-24)17-20-32(21-18-29)28(33)15-14-23-9-6-7-12-25(23)34-26(16-19-30)27-13-8-22-35-27/h3-13,22,26H,14-21H2,1-2H3. The van der Waals surface area contributed by atoms with Crippen LogP contribution in [0.15, 0.2) is 72.1 Å². The number of alkyl halides is 1. The van der Waals surface area contributed by atoms with E-state index in [1.807, 2.05) is 29.2 Å². The molecule has 1 saturated heterocycles. The number of thiophene rings is 1. The van der Waals surface area contributed by atoms with E-state index in [0.717, 1.165) is 43.7 Å². The summed E-state index contributed by atoms with van der Waals surface area (Å²) in [6.45, 7) is 1.56. The van der Waals surface area contributed by atoms with Gasteiger partial charge in [-0.1, -0.05) is 54.6 Å². The van der Waals surface area contributed by atoms with Crippen LogP contribution in [0.3, 0.4) is 0 Å². The number of halogens is 1. The maximum absolute atomic E-state index is 13.2. The van der Waals surface area contributed by atoms with Crippen LogP contribution in [-0.2, 0) is 16.8 Å². The van der Waals surface area contributed by atoms with E-state index in [1.54, 1.807) is 11.3 Å². The minimum Gasteiger partial charge on any atom is -0.485 e. The molecule has 4 nitrogen and oxygen atoms in total. The summed E-state index contributed by atoms with van der Waals surface area (Å²) in [5.74, 6) is 1.60. The average molecular weight is 511 g/mol. The van der Waals surface area contributed by atoms with Crippen molar-refractivity contribution in [2.24, 2.45) is 0 Å². The average Bonchev–Trinajstić information content (AvgIpc) is 3.43. The van der Waals surface area contributed by atoms with Gasteiger partial charge < -0.3 is 9.64 Å². The molecular weight excluding hydrogens is 476 g/mol. The second kappa shape index (κ2) is 12.1. The van der Waals surface area contributed by atoms with Gasteiger partial charge in [0.15, 0.2) is 0 Å². The van der Waals surface area contributed by atoms with Crippen molar-refractivity contribution >= 4 is 28.8 Å². The predicted molar refractivity (Wildman–Crippen MR) is 145 cm³/mol. The number of hydrogen-bond acceptors (Lipinski definition) is 4. The quantitative estimate of drug-likeness (QED) is 0.291. The van der Waals surface area contributed by atoms with Crippen LogP contribution < -0.4 is 4.74 Å². The van der Waals surface area contributed by atoms with Crippen LogP contribution >= 0.6 is 22.9 Å². The van der Waals surface area contributed by atoms with Crippen LogP contribution in [0.1, 0.15) is 47.8 Å². The zero-order valence-corrected chi connectivity index (χ0v) is 22.2. The Balaban J connectivity index is 1.37. The molecule has 1 aromatic heterocycles. The van der Waals surface area contributed by atoms with Crippen LogP contribution in [-0.4, -0.2) is 48.8 Å². The number of para-hydroxylation sites is 1. The van der Waals surface area contributed by atoms with Crippen molar-refractivity contribution < 1.29 is 9.53 Å². The highest BCUT2D eigenvalue weighted by molar-refractivity contribution is 7.10. The van der Waals surface area contributed by atoms with Crippen molar-refractivity contribution in [3.63, 3.8) is 0 Å². The molecule has 2 heterocycles. The molecule has 1 amide bonds. The number of nitrogens with zero attached hydrogens (tertiary/aromatic N) is 2. The number of likely N-dealkylation sites (tertiary alicyclic amines) is 1. The number of hydrogen-bond donors (Lipinski definition) is 0. The van der Waals surface area contributed by atoms with E-state index in [4.69, 9.17) is 16.3 Å². The molecule has 0 bridgehead atoms. The summed E-state index contributed by atoms with van der Waals surface area (Å²) in [7, 11) is 4.30. The summed E-state index contributed by atoms with van der Waals surface area (Å²) in [4.78, 5) is 18.7. The lowest BCUT2D eigenvalue weighted by molar-refractivity contribution is -0.133. The van der Waals surface area contributed by atoms with E-state index < -0.39 is 0 Å². The fourth-order valence-corrected chi connectivity index (χ4v) is 6.07. The van der Waals surface area contributed by atoms with Gasteiger partial charge in [0.1, 0.15) is 11.9 Å². The van der Waals surface area contributed by atoms with Gasteiger partial charge in [0.25, 0.3) is 0 Å². The van der Waals surface area contributed by atoms with Crippen molar-refractivity contribution in [2.75, 3.05) is 33.1 Å². The number of ether oxygens (including phenoxy) is 1. The van der Waals surface area contributed by atoms with Gasteiger partial charge in [-0.15, -0.1) is 22.9 Å². The maximum atomic E-state index is 13.2. The molecule has 0 saturated carbocycles. The van der Waals surface area contributed by atoms with E-state index in [1.165, 1.54) is 10.4 Å². The molecule has 1 aliphatic heterocycles. The van der Waals surface area contributed by atoms with Gasteiger partial charge in [0.05, 0.1) is 0 Å². The third-order valence-corrected chi connectivity index (χ3v) is 8.37. The Morgan fingerprint density at radius 3 is 2.43 bits per heavy atom. The Hall–Kier alpha value is -2.34. The first-order valence-corrected chi connectivity index (χ1v) is 13.8. The number of benzene rings is 2. The molecule has 1 aliphatic rings. The highest BCUT2D eigenvalue weighted by Crippen LogP contribution is 2.37. The van der Waals surface area contributed by atoms with Crippen LogP contribution in [0.4, 0.5) is 0 Å². The molecule has 3 aromatic rings. The highest BCUT2D eigenvalue weighted by Gasteiger charge is 2.39. The van der Waals surface area contributed by atoms with Crippen LogP contribution in [0.5, 0.6) is 5.75 Å². The van der Waals surface area contributed by atoms with Crippen molar-refractivity contribution in [3.05, 3.63) is 88.1 Å². The van der Waals surface area contributed by atoms with E-state index in [2.05, 4.69) is 66.8 Å².